The van der Waals surface area contributed by atoms with Gasteiger partial charge in [0.05, 0.1) is 0 Å². The molecule has 15 heavy (non-hydrogen) atoms. The lowest BCUT2D eigenvalue weighted by molar-refractivity contribution is -0.146. The van der Waals surface area contributed by atoms with Gasteiger partial charge in [-0.25, -0.2) is 0 Å². The standard InChI is InChI=1S/C11H9F3N/c1-7-9-5-3-2-4-8(9)6-10(15-7)11(12,13)14/h2-5,10H,1,6H2. The van der Waals surface area contributed by atoms with Crippen molar-refractivity contribution < 1.29 is 13.2 Å². The first-order valence-electron chi connectivity index (χ1n) is 4.53. The normalized spacial score (nSPS) is 20.8. The van der Waals surface area contributed by atoms with Crippen LogP contribution in [0.1, 0.15) is 11.1 Å². The maximum atomic E-state index is 12.5. The van der Waals surface area contributed by atoms with Crippen LogP contribution in [0.5, 0.6) is 0 Å². The van der Waals surface area contributed by atoms with E-state index in [0.717, 1.165) is 5.56 Å². The summed E-state index contributed by atoms with van der Waals surface area (Å²) in [6.07, 6.45) is -4.37. The molecular formula is C11H9F3N. The molecule has 0 bridgehead atoms. The van der Waals surface area contributed by atoms with E-state index in [1.54, 1.807) is 24.3 Å². The molecule has 0 N–H and O–H groups in total. The largest absolute Gasteiger partial charge is 0.411 e. The first kappa shape index (κ1) is 10.2. The van der Waals surface area contributed by atoms with Crippen molar-refractivity contribution in [3.8, 4) is 0 Å². The van der Waals surface area contributed by atoms with Crippen LogP contribution in [0.4, 0.5) is 13.2 Å². The second-order valence-corrected chi connectivity index (χ2v) is 3.49. The molecule has 0 aliphatic carbocycles. The van der Waals surface area contributed by atoms with E-state index in [4.69, 9.17) is 0 Å². The molecule has 1 heterocycles. The molecule has 1 aromatic rings. The molecule has 0 aromatic heterocycles. The average Bonchev–Trinajstić information content (AvgIpc) is 2.16. The van der Waals surface area contributed by atoms with Gasteiger partial charge < -0.3 is 0 Å². The first-order chi connectivity index (χ1) is 6.98. The summed E-state index contributed by atoms with van der Waals surface area (Å²) in [6.45, 7) is 3.55. The molecule has 0 amide bonds. The lowest BCUT2D eigenvalue weighted by Crippen LogP contribution is -2.33. The summed E-state index contributed by atoms with van der Waals surface area (Å²) in [7, 11) is 0. The molecule has 1 aromatic carbocycles. The fourth-order valence-corrected chi connectivity index (χ4v) is 1.68. The van der Waals surface area contributed by atoms with Crippen LogP contribution in [0.3, 0.4) is 0 Å². The molecule has 2 rings (SSSR count). The van der Waals surface area contributed by atoms with Crippen molar-refractivity contribution >= 4 is 5.71 Å². The van der Waals surface area contributed by atoms with Gasteiger partial charge in [-0.05, 0) is 18.1 Å². The zero-order valence-electron chi connectivity index (χ0n) is 7.88. The Bertz CT molecular complexity index is 407. The van der Waals surface area contributed by atoms with Gasteiger partial charge in [0.15, 0.2) is 0 Å². The molecule has 0 saturated carbocycles. The van der Waals surface area contributed by atoms with Gasteiger partial charge in [0.1, 0.15) is 6.04 Å². The minimum absolute atomic E-state index is 0.0846. The van der Waals surface area contributed by atoms with Gasteiger partial charge in [-0.3, -0.25) is 4.99 Å². The minimum Gasteiger partial charge on any atom is -0.276 e. The summed E-state index contributed by atoms with van der Waals surface area (Å²) in [5.41, 5.74) is 1.61. The van der Waals surface area contributed by atoms with E-state index < -0.39 is 12.2 Å². The molecule has 4 heteroatoms. The van der Waals surface area contributed by atoms with Crippen LogP contribution in [-0.4, -0.2) is 17.9 Å². The van der Waals surface area contributed by atoms with Crippen LogP contribution in [0, 0.1) is 6.92 Å². The number of hydrogen-bond donors (Lipinski definition) is 0. The molecule has 1 aliphatic heterocycles. The van der Waals surface area contributed by atoms with Gasteiger partial charge in [0.25, 0.3) is 0 Å². The zero-order chi connectivity index (χ0) is 11.1. The van der Waals surface area contributed by atoms with Crippen LogP contribution in [0.25, 0.3) is 0 Å². The van der Waals surface area contributed by atoms with Crippen molar-refractivity contribution in [1.82, 2.24) is 0 Å². The van der Waals surface area contributed by atoms with Crippen molar-refractivity contribution in [2.75, 3.05) is 0 Å². The van der Waals surface area contributed by atoms with Crippen LogP contribution >= 0.6 is 0 Å². The second kappa shape index (κ2) is 3.36. The van der Waals surface area contributed by atoms with Crippen molar-refractivity contribution in [3.63, 3.8) is 0 Å². The molecule has 0 saturated heterocycles. The third-order valence-corrected chi connectivity index (χ3v) is 2.43. The fraction of sp³-hybridized carbons (Fsp3) is 0.273. The maximum Gasteiger partial charge on any atom is 0.411 e. The number of hydrogen-bond acceptors (Lipinski definition) is 1. The van der Waals surface area contributed by atoms with Crippen LogP contribution in [0.2, 0.25) is 0 Å². The number of nitrogens with zero attached hydrogens (tertiary/aromatic N) is 1. The molecule has 0 fully saturated rings. The third-order valence-electron chi connectivity index (χ3n) is 2.43. The van der Waals surface area contributed by atoms with Gasteiger partial charge in [0, 0.05) is 12.1 Å². The van der Waals surface area contributed by atoms with E-state index in [-0.39, 0.29) is 12.1 Å². The molecular weight excluding hydrogens is 203 g/mol. The number of aliphatic imine (C=N–C) groups is 1. The van der Waals surface area contributed by atoms with E-state index in [2.05, 4.69) is 11.9 Å². The summed E-state index contributed by atoms with van der Waals surface area (Å²) in [6, 6.07) is 5.29. The van der Waals surface area contributed by atoms with Gasteiger partial charge in [0.2, 0.25) is 0 Å². The van der Waals surface area contributed by atoms with Gasteiger partial charge in [-0.1, -0.05) is 24.3 Å². The number of rotatable bonds is 0. The Balaban J connectivity index is 2.41. The van der Waals surface area contributed by atoms with E-state index in [9.17, 15) is 13.2 Å². The molecule has 1 aliphatic rings. The van der Waals surface area contributed by atoms with Crippen molar-refractivity contribution in [1.29, 1.82) is 0 Å². The molecule has 1 radical (unpaired) electrons. The topological polar surface area (TPSA) is 12.4 Å². The number of alkyl halides is 3. The zero-order valence-corrected chi connectivity index (χ0v) is 7.88. The minimum atomic E-state index is -4.28. The Kier molecular flexibility index (Phi) is 2.29. The summed E-state index contributed by atoms with van der Waals surface area (Å²) >= 11 is 0. The number of halogens is 3. The van der Waals surface area contributed by atoms with Crippen LogP contribution in [0.15, 0.2) is 29.3 Å². The summed E-state index contributed by atoms with van der Waals surface area (Å²) < 4.78 is 37.4. The Morgan fingerprint density at radius 2 is 1.93 bits per heavy atom. The predicted octanol–water partition coefficient (Wildman–Crippen LogP) is 2.80. The second-order valence-electron chi connectivity index (χ2n) is 3.49. The summed E-state index contributed by atoms with van der Waals surface area (Å²) in [4.78, 5) is 3.58. The lowest BCUT2D eigenvalue weighted by atomic mass is 9.94. The Morgan fingerprint density at radius 3 is 2.60 bits per heavy atom. The maximum absolute atomic E-state index is 12.5. The summed E-state index contributed by atoms with van der Waals surface area (Å²) in [5.74, 6) is 0. The lowest BCUT2D eigenvalue weighted by Gasteiger charge is -2.23. The molecule has 1 unspecified atom stereocenters. The molecule has 79 valence electrons. The third kappa shape index (κ3) is 1.89. The van der Waals surface area contributed by atoms with Crippen LogP contribution < -0.4 is 0 Å². The van der Waals surface area contributed by atoms with E-state index in [1.165, 1.54) is 0 Å². The Morgan fingerprint density at radius 1 is 1.27 bits per heavy atom. The molecule has 0 spiro atoms. The predicted molar refractivity (Wildman–Crippen MR) is 51.9 cm³/mol. The van der Waals surface area contributed by atoms with Crippen molar-refractivity contribution in [2.45, 2.75) is 18.6 Å². The molecule has 1 atom stereocenters. The highest BCUT2D eigenvalue weighted by Gasteiger charge is 2.41. The fourth-order valence-electron chi connectivity index (χ4n) is 1.68. The Labute approximate surface area is 85.6 Å². The highest BCUT2D eigenvalue weighted by atomic mass is 19.4. The highest BCUT2D eigenvalue weighted by Crippen LogP contribution is 2.30. The van der Waals surface area contributed by atoms with E-state index >= 15 is 0 Å². The van der Waals surface area contributed by atoms with Crippen molar-refractivity contribution in [3.05, 3.63) is 42.3 Å². The van der Waals surface area contributed by atoms with E-state index in [0.29, 0.717) is 5.56 Å². The average molecular weight is 212 g/mol. The highest BCUT2D eigenvalue weighted by molar-refractivity contribution is 6.05. The van der Waals surface area contributed by atoms with Gasteiger partial charge >= 0.3 is 6.18 Å². The van der Waals surface area contributed by atoms with Gasteiger partial charge in [-0.15, -0.1) is 0 Å². The smallest absolute Gasteiger partial charge is 0.276 e. The van der Waals surface area contributed by atoms with E-state index in [1.807, 2.05) is 0 Å². The SMILES string of the molecule is [CH2]C1=NC(C(F)(F)F)Cc2ccccc21. The van der Waals surface area contributed by atoms with Crippen molar-refractivity contribution in [2.24, 2.45) is 4.99 Å². The summed E-state index contributed by atoms with van der Waals surface area (Å²) in [5, 5.41) is 0. The van der Waals surface area contributed by atoms with Gasteiger partial charge in [-0.2, -0.15) is 13.2 Å². The number of benzene rings is 1. The molecule has 1 nitrogen and oxygen atoms in total. The Hall–Kier alpha value is -1.32. The quantitative estimate of drug-likeness (QED) is 0.627. The number of fused-ring (bicyclic) bond motifs is 1. The van der Waals surface area contributed by atoms with Crippen LogP contribution in [-0.2, 0) is 6.42 Å². The monoisotopic (exact) mass is 212 g/mol. The first-order valence-corrected chi connectivity index (χ1v) is 4.53.